The van der Waals surface area contributed by atoms with Crippen molar-refractivity contribution < 1.29 is 9.47 Å². The highest BCUT2D eigenvalue weighted by atomic mass is 35.5. The van der Waals surface area contributed by atoms with Gasteiger partial charge in [0, 0.05) is 6.07 Å². The average Bonchev–Trinajstić information content (AvgIpc) is 2.28. The third-order valence-corrected chi connectivity index (χ3v) is 3.04. The molecule has 1 unspecified atom stereocenters. The largest absolute Gasteiger partial charge is 0.497 e. The topological polar surface area (TPSA) is 18.5 Å². The maximum atomic E-state index is 6.23. The zero-order valence-corrected chi connectivity index (χ0v) is 10.4. The molecule has 0 aliphatic carbocycles. The normalized spacial score (nSPS) is 12.3. The van der Waals surface area contributed by atoms with E-state index in [2.05, 4.69) is 13.8 Å². The van der Waals surface area contributed by atoms with E-state index in [1.807, 2.05) is 6.07 Å². The van der Waals surface area contributed by atoms with Crippen molar-refractivity contribution in [3.8, 4) is 11.5 Å². The fraction of sp³-hybridized carbons (Fsp3) is 0.500. The number of methoxy groups -OCH3 is 2. The summed E-state index contributed by atoms with van der Waals surface area (Å²) >= 11 is 6.23. The van der Waals surface area contributed by atoms with Crippen LogP contribution in [0.2, 0.25) is 5.02 Å². The summed E-state index contributed by atoms with van der Waals surface area (Å²) in [6.45, 7) is 4.27. The van der Waals surface area contributed by atoms with Crippen molar-refractivity contribution in [2.75, 3.05) is 14.2 Å². The third kappa shape index (κ3) is 2.57. The summed E-state index contributed by atoms with van der Waals surface area (Å²) in [5, 5.41) is 0.688. The fourth-order valence-electron chi connectivity index (χ4n) is 1.44. The van der Waals surface area contributed by atoms with Crippen molar-refractivity contribution in [3.63, 3.8) is 0 Å². The van der Waals surface area contributed by atoms with Gasteiger partial charge >= 0.3 is 0 Å². The van der Waals surface area contributed by atoms with Gasteiger partial charge in [0.2, 0.25) is 0 Å². The van der Waals surface area contributed by atoms with Gasteiger partial charge in [0.05, 0.1) is 19.2 Å². The molecule has 0 heterocycles. The average molecular weight is 229 g/mol. The first-order valence-electron chi connectivity index (χ1n) is 5.05. The zero-order valence-electron chi connectivity index (χ0n) is 9.63. The molecular formula is C12H17ClO2. The Balaban J connectivity index is 3.23. The SMILES string of the molecule is CCC(C)c1cc(OC)cc(OC)c1Cl. The second-order valence-corrected chi connectivity index (χ2v) is 3.92. The van der Waals surface area contributed by atoms with Crippen molar-refractivity contribution in [1.82, 2.24) is 0 Å². The smallest absolute Gasteiger partial charge is 0.141 e. The number of halogens is 1. The minimum atomic E-state index is 0.404. The molecule has 1 aromatic rings. The second kappa shape index (κ2) is 5.26. The Bertz CT molecular complexity index is 337. The van der Waals surface area contributed by atoms with Gasteiger partial charge in [-0.1, -0.05) is 25.4 Å². The molecule has 0 spiro atoms. The Hall–Kier alpha value is -0.890. The lowest BCUT2D eigenvalue weighted by Crippen LogP contribution is -1.97. The molecule has 3 heteroatoms. The summed E-state index contributed by atoms with van der Waals surface area (Å²) in [7, 11) is 3.25. The first-order valence-corrected chi connectivity index (χ1v) is 5.43. The van der Waals surface area contributed by atoms with Gasteiger partial charge in [0.15, 0.2) is 0 Å². The molecule has 0 saturated heterocycles. The molecule has 0 N–H and O–H groups in total. The summed E-state index contributed by atoms with van der Waals surface area (Å²) in [4.78, 5) is 0. The Labute approximate surface area is 96.2 Å². The van der Waals surface area contributed by atoms with Crippen LogP contribution >= 0.6 is 11.6 Å². The monoisotopic (exact) mass is 228 g/mol. The summed E-state index contributed by atoms with van der Waals surface area (Å²) in [6, 6.07) is 3.77. The summed E-state index contributed by atoms with van der Waals surface area (Å²) in [6.07, 6.45) is 1.04. The molecule has 1 aromatic carbocycles. The van der Waals surface area contributed by atoms with E-state index in [-0.39, 0.29) is 0 Å². The Kier molecular flexibility index (Phi) is 4.28. The highest BCUT2D eigenvalue weighted by Crippen LogP contribution is 2.37. The molecule has 0 bridgehead atoms. The lowest BCUT2D eigenvalue weighted by Gasteiger charge is -2.15. The van der Waals surface area contributed by atoms with Gasteiger partial charge in [-0.15, -0.1) is 0 Å². The van der Waals surface area contributed by atoms with Crippen LogP contribution in [0.5, 0.6) is 11.5 Å². The minimum absolute atomic E-state index is 0.404. The van der Waals surface area contributed by atoms with Crippen molar-refractivity contribution in [1.29, 1.82) is 0 Å². The van der Waals surface area contributed by atoms with E-state index in [9.17, 15) is 0 Å². The highest BCUT2D eigenvalue weighted by molar-refractivity contribution is 6.33. The standard InChI is InChI=1S/C12H17ClO2/c1-5-8(2)10-6-9(14-3)7-11(15-4)12(10)13/h6-8H,5H2,1-4H3. The highest BCUT2D eigenvalue weighted by Gasteiger charge is 2.14. The van der Waals surface area contributed by atoms with Crippen LogP contribution in [0.1, 0.15) is 31.7 Å². The first-order chi connectivity index (χ1) is 7.13. The number of hydrogen-bond donors (Lipinski definition) is 0. The van der Waals surface area contributed by atoms with Crippen LogP contribution in [0.15, 0.2) is 12.1 Å². The Morgan fingerprint density at radius 3 is 2.40 bits per heavy atom. The predicted molar refractivity (Wildman–Crippen MR) is 63.3 cm³/mol. The molecule has 0 amide bonds. The van der Waals surface area contributed by atoms with Crippen LogP contribution in [0.3, 0.4) is 0 Å². The molecule has 0 saturated carbocycles. The lowest BCUT2D eigenvalue weighted by atomic mass is 9.98. The summed E-state index contributed by atoms with van der Waals surface area (Å²) in [5.41, 5.74) is 1.08. The van der Waals surface area contributed by atoms with E-state index < -0.39 is 0 Å². The quantitative estimate of drug-likeness (QED) is 0.779. The van der Waals surface area contributed by atoms with Crippen LogP contribution < -0.4 is 9.47 Å². The molecule has 0 aliphatic heterocycles. The van der Waals surface area contributed by atoms with Crippen molar-refractivity contribution >= 4 is 11.6 Å². The van der Waals surface area contributed by atoms with E-state index in [1.165, 1.54) is 0 Å². The van der Waals surface area contributed by atoms with E-state index >= 15 is 0 Å². The van der Waals surface area contributed by atoms with Gasteiger partial charge in [-0.25, -0.2) is 0 Å². The van der Waals surface area contributed by atoms with Crippen LogP contribution in [0.4, 0.5) is 0 Å². The lowest BCUT2D eigenvalue weighted by molar-refractivity contribution is 0.393. The zero-order chi connectivity index (χ0) is 11.4. The number of hydrogen-bond acceptors (Lipinski definition) is 2. The predicted octanol–water partition coefficient (Wildman–Crippen LogP) is 3.87. The molecule has 0 fully saturated rings. The number of rotatable bonds is 4. The van der Waals surface area contributed by atoms with Crippen molar-refractivity contribution in [2.24, 2.45) is 0 Å². The van der Waals surface area contributed by atoms with Gasteiger partial charge in [0.1, 0.15) is 11.5 Å². The second-order valence-electron chi connectivity index (χ2n) is 3.54. The van der Waals surface area contributed by atoms with Gasteiger partial charge in [-0.2, -0.15) is 0 Å². The number of ether oxygens (including phenoxy) is 2. The van der Waals surface area contributed by atoms with E-state index in [0.29, 0.717) is 16.7 Å². The number of benzene rings is 1. The molecule has 1 rings (SSSR count). The van der Waals surface area contributed by atoms with Gasteiger partial charge in [0.25, 0.3) is 0 Å². The molecule has 2 nitrogen and oxygen atoms in total. The minimum Gasteiger partial charge on any atom is -0.497 e. The Morgan fingerprint density at radius 1 is 1.27 bits per heavy atom. The van der Waals surface area contributed by atoms with Crippen LogP contribution in [0, 0.1) is 0 Å². The van der Waals surface area contributed by atoms with Crippen LogP contribution in [-0.4, -0.2) is 14.2 Å². The molecule has 0 radical (unpaired) electrons. The molecule has 1 atom stereocenters. The van der Waals surface area contributed by atoms with E-state index in [1.54, 1.807) is 20.3 Å². The van der Waals surface area contributed by atoms with Crippen molar-refractivity contribution in [2.45, 2.75) is 26.2 Å². The maximum absolute atomic E-state index is 6.23. The third-order valence-electron chi connectivity index (χ3n) is 2.64. The van der Waals surface area contributed by atoms with Crippen LogP contribution in [-0.2, 0) is 0 Å². The summed E-state index contributed by atoms with van der Waals surface area (Å²) < 4.78 is 10.4. The molecular weight excluding hydrogens is 212 g/mol. The molecule has 84 valence electrons. The molecule has 15 heavy (non-hydrogen) atoms. The van der Waals surface area contributed by atoms with Crippen LogP contribution in [0.25, 0.3) is 0 Å². The van der Waals surface area contributed by atoms with Gasteiger partial charge < -0.3 is 9.47 Å². The van der Waals surface area contributed by atoms with Gasteiger partial charge in [-0.3, -0.25) is 0 Å². The first kappa shape index (κ1) is 12.2. The maximum Gasteiger partial charge on any atom is 0.141 e. The Morgan fingerprint density at radius 2 is 1.93 bits per heavy atom. The van der Waals surface area contributed by atoms with Crippen molar-refractivity contribution in [3.05, 3.63) is 22.7 Å². The van der Waals surface area contributed by atoms with Gasteiger partial charge in [-0.05, 0) is 24.0 Å². The van der Waals surface area contributed by atoms with E-state index in [0.717, 1.165) is 17.7 Å². The molecule has 0 aliphatic rings. The summed E-state index contributed by atoms with van der Waals surface area (Å²) in [5.74, 6) is 1.86. The fourth-order valence-corrected chi connectivity index (χ4v) is 1.81. The van der Waals surface area contributed by atoms with E-state index in [4.69, 9.17) is 21.1 Å². The molecule has 0 aromatic heterocycles.